The van der Waals surface area contributed by atoms with E-state index in [9.17, 15) is 0 Å². The van der Waals surface area contributed by atoms with Crippen molar-refractivity contribution in [3.8, 4) is 0 Å². The summed E-state index contributed by atoms with van der Waals surface area (Å²) < 4.78 is 7.34. The van der Waals surface area contributed by atoms with Crippen LogP contribution in [0.15, 0.2) is 41.1 Å². The van der Waals surface area contributed by atoms with Crippen molar-refractivity contribution in [2.75, 3.05) is 0 Å². The molecule has 0 bridgehead atoms. The Labute approximate surface area is 104 Å². The van der Waals surface area contributed by atoms with E-state index in [0.29, 0.717) is 11.6 Å². The molecule has 0 atom stereocenters. The lowest BCUT2D eigenvalue weighted by molar-refractivity contribution is 0.516. The van der Waals surface area contributed by atoms with Gasteiger partial charge >= 0.3 is 0 Å². The van der Waals surface area contributed by atoms with Crippen LogP contribution in [0, 0.1) is 6.92 Å². The number of fused-ring (bicyclic) bond motifs is 1. The number of hydrogen-bond acceptors (Lipinski definition) is 2. The van der Waals surface area contributed by atoms with Gasteiger partial charge in [-0.05, 0) is 30.7 Å². The molecule has 0 fully saturated rings. The Kier molecular flexibility index (Phi) is 2.41. The first-order valence-electron chi connectivity index (χ1n) is 5.40. The monoisotopic (exact) mass is 246 g/mol. The van der Waals surface area contributed by atoms with Crippen LogP contribution >= 0.6 is 11.6 Å². The molecule has 0 spiro atoms. The third-order valence-electron chi connectivity index (χ3n) is 2.81. The van der Waals surface area contributed by atoms with E-state index in [4.69, 9.17) is 16.0 Å². The molecule has 3 aromatic rings. The third-order valence-corrected chi connectivity index (χ3v) is 3.07. The van der Waals surface area contributed by atoms with Crippen molar-refractivity contribution in [1.29, 1.82) is 0 Å². The van der Waals surface area contributed by atoms with Crippen LogP contribution in [-0.2, 0) is 6.42 Å². The van der Waals surface area contributed by atoms with Crippen LogP contribution in [0.5, 0.6) is 0 Å². The second kappa shape index (κ2) is 3.93. The van der Waals surface area contributed by atoms with Crippen LogP contribution < -0.4 is 0 Å². The molecule has 0 N–H and O–H groups in total. The minimum Gasteiger partial charge on any atom is -0.469 e. The largest absolute Gasteiger partial charge is 0.469 e. The van der Waals surface area contributed by atoms with Crippen LogP contribution in [-0.4, -0.2) is 9.38 Å². The highest BCUT2D eigenvalue weighted by Gasteiger charge is 2.12. The second-order valence-corrected chi connectivity index (χ2v) is 4.34. The highest BCUT2D eigenvalue weighted by Crippen LogP contribution is 2.23. The van der Waals surface area contributed by atoms with Crippen LogP contribution in [0.3, 0.4) is 0 Å². The predicted octanol–water partition coefficient (Wildman–Crippen LogP) is 3.48. The van der Waals surface area contributed by atoms with Gasteiger partial charge in [0.05, 0.1) is 18.2 Å². The highest BCUT2D eigenvalue weighted by atomic mass is 35.5. The van der Waals surface area contributed by atoms with E-state index in [1.54, 1.807) is 6.26 Å². The summed E-state index contributed by atoms with van der Waals surface area (Å²) in [6.07, 6.45) is 4.28. The molecule has 0 saturated carbocycles. The zero-order chi connectivity index (χ0) is 11.8. The molecular weight excluding hydrogens is 236 g/mol. The topological polar surface area (TPSA) is 30.4 Å². The summed E-state index contributed by atoms with van der Waals surface area (Å²) >= 11 is 6.16. The SMILES string of the molecule is Cc1cccn2c(Cc3ccco3)nc(Cl)c12. The van der Waals surface area contributed by atoms with Crippen molar-refractivity contribution in [1.82, 2.24) is 9.38 Å². The molecule has 0 aliphatic heterocycles. The molecule has 17 heavy (non-hydrogen) atoms. The van der Waals surface area contributed by atoms with Crippen molar-refractivity contribution < 1.29 is 4.42 Å². The first-order valence-corrected chi connectivity index (χ1v) is 5.78. The van der Waals surface area contributed by atoms with Crippen LogP contribution in [0.1, 0.15) is 17.1 Å². The summed E-state index contributed by atoms with van der Waals surface area (Å²) in [6.45, 7) is 2.03. The summed E-state index contributed by atoms with van der Waals surface area (Å²) in [4.78, 5) is 4.39. The quantitative estimate of drug-likeness (QED) is 0.693. The van der Waals surface area contributed by atoms with E-state index < -0.39 is 0 Å². The number of pyridine rings is 1. The standard InChI is InChI=1S/C13H11ClN2O/c1-9-4-2-6-16-11(15-13(14)12(9)16)8-10-5-3-7-17-10/h2-7H,8H2,1H3. The number of hydrogen-bond donors (Lipinski definition) is 0. The van der Waals surface area contributed by atoms with Gasteiger partial charge in [0, 0.05) is 6.20 Å². The average molecular weight is 247 g/mol. The maximum atomic E-state index is 6.16. The average Bonchev–Trinajstić information content (AvgIpc) is 2.90. The second-order valence-electron chi connectivity index (χ2n) is 3.98. The Morgan fingerprint density at radius 1 is 1.35 bits per heavy atom. The lowest BCUT2D eigenvalue weighted by Gasteiger charge is -2.01. The molecule has 3 heterocycles. The van der Waals surface area contributed by atoms with Gasteiger partial charge in [-0.15, -0.1) is 0 Å². The predicted molar refractivity (Wildman–Crippen MR) is 66.5 cm³/mol. The van der Waals surface area contributed by atoms with Gasteiger partial charge in [0.25, 0.3) is 0 Å². The summed E-state index contributed by atoms with van der Waals surface area (Å²) in [5.41, 5.74) is 2.09. The van der Waals surface area contributed by atoms with Gasteiger partial charge < -0.3 is 8.82 Å². The zero-order valence-electron chi connectivity index (χ0n) is 9.35. The Balaban J connectivity index is 2.15. The van der Waals surface area contributed by atoms with Gasteiger partial charge in [-0.1, -0.05) is 17.7 Å². The van der Waals surface area contributed by atoms with Gasteiger partial charge in [0.2, 0.25) is 0 Å². The van der Waals surface area contributed by atoms with Crippen LogP contribution in [0.4, 0.5) is 0 Å². The zero-order valence-corrected chi connectivity index (χ0v) is 10.1. The molecule has 0 aliphatic carbocycles. The lowest BCUT2D eigenvalue weighted by atomic mass is 10.2. The molecule has 0 aliphatic rings. The molecule has 86 valence electrons. The fourth-order valence-corrected chi connectivity index (χ4v) is 2.35. The van der Waals surface area contributed by atoms with E-state index in [-0.39, 0.29) is 0 Å². The van der Waals surface area contributed by atoms with Crippen molar-refractivity contribution >= 4 is 17.1 Å². The van der Waals surface area contributed by atoms with E-state index in [2.05, 4.69) is 4.98 Å². The molecule has 3 rings (SSSR count). The summed E-state index contributed by atoms with van der Waals surface area (Å²) in [5.74, 6) is 1.78. The molecule has 0 saturated heterocycles. The Morgan fingerprint density at radius 2 is 2.24 bits per heavy atom. The Morgan fingerprint density at radius 3 is 3.00 bits per heavy atom. The number of rotatable bonds is 2. The molecule has 4 heteroatoms. The minimum absolute atomic E-state index is 0.546. The normalized spacial score (nSPS) is 11.2. The molecular formula is C13H11ClN2O. The van der Waals surface area contributed by atoms with Gasteiger partial charge in [-0.25, -0.2) is 4.98 Å². The molecule has 0 unspecified atom stereocenters. The first-order chi connectivity index (χ1) is 8.25. The van der Waals surface area contributed by atoms with Crippen molar-refractivity contribution in [3.63, 3.8) is 0 Å². The Bertz CT molecular complexity index is 655. The number of imidazole rings is 1. The number of aromatic nitrogens is 2. The smallest absolute Gasteiger partial charge is 0.155 e. The summed E-state index contributed by atoms with van der Waals surface area (Å²) in [7, 11) is 0. The fraction of sp³-hybridized carbons (Fsp3) is 0.154. The molecule has 0 aromatic carbocycles. The summed E-state index contributed by atoms with van der Waals surface area (Å²) in [6, 6.07) is 7.83. The van der Waals surface area contributed by atoms with Gasteiger partial charge in [-0.3, -0.25) is 0 Å². The highest BCUT2D eigenvalue weighted by molar-refractivity contribution is 6.32. The van der Waals surface area contributed by atoms with Crippen LogP contribution in [0.25, 0.3) is 5.52 Å². The number of nitrogens with zero attached hydrogens (tertiary/aromatic N) is 2. The lowest BCUT2D eigenvalue weighted by Crippen LogP contribution is -1.95. The van der Waals surface area contributed by atoms with E-state index in [1.165, 1.54) is 0 Å². The molecule has 0 radical (unpaired) electrons. The maximum Gasteiger partial charge on any atom is 0.155 e. The van der Waals surface area contributed by atoms with Crippen LogP contribution in [0.2, 0.25) is 5.15 Å². The van der Waals surface area contributed by atoms with Crippen molar-refractivity contribution in [3.05, 3.63) is 59.0 Å². The number of halogens is 1. The third kappa shape index (κ3) is 1.72. The van der Waals surface area contributed by atoms with E-state index in [1.807, 2.05) is 41.8 Å². The van der Waals surface area contributed by atoms with Gasteiger partial charge in [0.15, 0.2) is 5.15 Å². The molecule has 3 aromatic heterocycles. The maximum absolute atomic E-state index is 6.16. The first kappa shape index (κ1) is 10.4. The van der Waals surface area contributed by atoms with Crippen molar-refractivity contribution in [2.24, 2.45) is 0 Å². The van der Waals surface area contributed by atoms with Gasteiger partial charge in [0.1, 0.15) is 11.6 Å². The molecule has 3 nitrogen and oxygen atoms in total. The number of aryl methyl sites for hydroxylation is 1. The van der Waals surface area contributed by atoms with Crippen molar-refractivity contribution in [2.45, 2.75) is 13.3 Å². The fourth-order valence-electron chi connectivity index (χ4n) is 2.01. The Hall–Kier alpha value is -1.74. The molecule has 0 amide bonds. The minimum atomic E-state index is 0.546. The van der Waals surface area contributed by atoms with E-state index in [0.717, 1.165) is 22.7 Å². The summed E-state index contributed by atoms with van der Waals surface area (Å²) in [5, 5.41) is 0.546. The van der Waals surface area contributed by atoms with E-state index >= 15 is 0 Å². The van der Waals surface area contributed by atoms with Gasteiger partial charge in [-0.2, -0.15) is 0 Å². The number of furan rings is 1.